The number of hydrogen-bond acceptors (Lipinski definition) is 0. The second kappa shape index (κ2) is 3.65. The Morgan fingerprint density at radius 1 is 1.17 bits per heavy atom. The largest absolute Gasteiger partial charge is 0.273 e. The third kappa shape index (κ3) is 2.03. The van der Waals surface area contributed by atoms with Gasteiger partial charge in [0.05, 0.1) is 0 Å². The highest BCUT2D eigenvalue weighted by molar-refractivity contribution is 5.19. The number of hydrogen-bond donors (Lipinski definition) is 0. The van der Waals surface area contributed by atoms with Crippen molar-refractivity contribution in [2.45, 2.75) is 25.7 Å². The van der Waals surface area contributed by atoms with Gasteiger partial charge in [-0.1, -0.05) is 43.7 Å². The molecule has 0 fully saturated rings. The van der Waals surface area contributed by atoms with Gasteiger partial charge in [-0.05, 0) is 0 Å². The van der Waals surface area contributed by atoms with E-state index in [2.05, 4.69) is 0 Å². The maximum Gasteiger partial charge on any atom is 0.273 e. The van der Waals surface area contributed by atoms with Crippen LogP contribution < -0.4 is 0 Å². The Kier molecular flexibility index (Phi) is 2.79. The number of rotatable bonds is 3. The van der Waals surface area contributed by atoms with E-state index in [0.717, 1.165) is 0 Å². The monoisotopic (exact) mass is 170 g/mol. The van der Waals surface area contributed by atoms with Crippen molar-refractivity contribution in [1.29, 1.82) is 0 Å². The lowest BCUT2D eigenvalue weighted by molar-refractivity contribution is -0.0140. The predicted molar refractivity (Wildman–Crippen MR) is 45.2 cm³/mol. The van der Waals surface area contributed by atoms with E-state index >= 15 is 0 Å². The van der Waals surface area contributed by atoms with Gasteiger partial charge in [-0.15, -0.1) is 0 Å². The van der Waals surface area contributed by atoms with Gasteiger partial charge in [0.15, 0.2) is 0 Å². The van der Waals surface area contributed by atoms with Crippen molar-refractivity contribution < 1.29 is 8.78 Å². The highest BCUT2D eigenvalue weighted by Gasteiger charge is 2.29. The van der Waals surface area contributed by atoms with E-state index in [1.807, 2.05) is 0 Å². The molecular formula is C10H12F2. The average Bonchev–Trinajstić information content (AvgIpc) is 2.06. The summed E-state index contributed by atoms with van der Waals surface area (Å²) in [6.07, 6.45) is 0.429. The van der Waals surface area contributed by atoms with E-state index in [4.69, 9.17) is 0 Å². The first-order valence-electron chi connectivity index (χ1n) is 4.10. The summed E-state index contributed by atoms with van der Waals surface area (Å²) in [4.78, 5) is 0. The van der Waals surface area contributed by atoms with Crippen molar-refractivity contribution in [2.24, 2.45) is 0 Å². The molecule has 0 atom stereocenters. The van der Waals surface area contributed by atoms with Gasteiger partial charge in [0.1, 0.15) is 0 Å². The Hall–Kier alpha value is -0.920. The molecule has 0 spiro atoms. The summed E-state index contributed by atoms with van der Waals surface area (Å²) in [7, 11) is 0. The van der Waals surface area contributed by atoms with Crippen molar-refractivity contribution in [3.05, 3.63) is 35.9 Å². The van der Waals surface area contributed by atoms with Crippen molar-refractivity contribution >= 4 is 0 Å². The topological polar surface area (TPSA) is 0 Å². The molecule has 0 radical (unpaired) electrons. The summed E-state index contributed by atoms with van der Waals surface area (Å²) in [5.41, 5.74) is 0.117. The second-order valence-electron chi connectivity index (χ2n) is 2.82. The fourth-order valence-corrected chi connectivity index (χ4v) is 1.14. The first-order valence-corrected chi connectivity index (χ1v) is 4.10. The second-order valence-corrected chi connectivity index (χ2v) is 2.82. The third-order valence-corrected chi connectivity index (χ3v) is 1.76. The molecule has 0 N–H and O–H groups in total. The molecule has 0 unspecified atom stereocenters. The van der Waals surface area contributed by atoms with Crippen LogP contribution in [0.5, 0.6) is 0 Å². The SMILES string of the molecule is CCCC(F)(F)c1ccccc1. The summed E-state index contributed by atoms with van der Waals surface area (Å²) in [5.74, 6) is -2.66. The van der Waals surface area contributed by atoms with Crippen LogP contribution in [0.15, 0.2) is 30.3 Å². The predicted octanol–water partition coefficient (Wildman–Crippen LogP) is 3.58. The molecule has 0 aliphatic heterocycles. The summed E-state index contributed by atoms with van der Waals surface area (Å²) in [6.45, 7) is 1.76. The summed E-state index contributed by atoms with van der Waals surface area (Å²) >= 11 is 0. The summed E-state index contributed by atoms with van der Waals surface area (Å²) < 4.78 is 26.3. The van der Waals surface area contributed by atoms with E-state index in [1.54, 1.807) is 25.1 Å². The quantitative estimate of drug-likeness (QED) is 0.650. The van der Waals surface area contributed by atoms with E-state index in [-0.39, 0.29) is 12.0 Å². The van der Waals surface area contributed by atoms with Crippen molar-refractivity contribution in [3.63, 3.8) is 0 Å². The van der Waals surface area contributed by atoms with Gasteiger partial charge in [-0.3, -0.25) is 0 Å². The van der Waals surface area contributed by atoms with Gasteiger partial charge >= 0.3 is 0 Å². The minimum absolute atomic E-state index is 0.0724. The zero-order chi connectivity index (χ0) is 9.03. The molecule has 1 aromatic rings. The smallest absolute Gasteiger partial charge is 0.201 e. The van der Waals surface area contributed by atoms with Crippen LogP contribution in [0.25, 0.3) is 0 Å². The Bertz CT molecular complexity index is 229. The molecule has 1 rings (SSSR count). The Labute approximate surface area is 71.2 Å². The first-order chi connectivity index (χ1) is 5.67. The molecule has 2 heteroatoms. The highest BCUT2D eigenvalue weighted by Crippen LogP contribution is 2.32. The molecule has 0 amide bonds. The Morgan fingerprint density at radius 2 is 1.75 bits per heavy atom. The Balaban J connectivity index is 2.82. The molecule has 1 aromatic carbocycles. The maximum absolute atomic E-state index is 13.2. The fourth-order valence-electron chi connectivity index (χ4n) is 1.14. The van der Waals surface area contributed by atoms with Crippen LogP contribution in [-0.4, -0.2) is 0 Å². The average molecular weight is 170 g/mol. The molecule has 0 aliphatic rings. The van der Waals surface area contributed by atoms with Gasteiger partial charge in [0, 0.05) is 12.0 Å². The van der Waals surface area contributed by atoms with Gasteiger partial charge < -0.3 is 0 Å². The Morgan fingerprint density at radius 3 is 2.25 bits per heavy atom. The van der Waals surface area contributed by atoms with Crippen LogP contribution in [0.1, 0.15) is 25.3 Å². The number of alkyl halides is 2. The van der Waals surface area contributed by atoms with Crippen molar-refractivity contribution in [1.82, 2.24) is 0 Å². The lowest BCUT2D eigenvalue weighted by Crippen LogP contribution is -2.12. The van der Waals surface area contributed by atoms with Crippen molar-refractivity contribution in [2.75, 3.05) is 0 Å². The molecule has 0 aromatic heterocycles. The lowest BCUT2D eigenvalue weighted by Gasteiger charge is -2.14. The van der Waals surface area contributed by atoms with Crippen LogP contribution in [0.4, 0.5) is 8.78 Å². The van der Waals surface area contributed by atoms with Crippen LogP contribution in [0.3, 0.4) is 0 Å². The minimum atomic E-state index is -2.66. The number of halogens is 2. The van der Waals surface area contributed by atoms with E-state index < -0.39 is 5.92 Å². The molecular weight excluding hydrogens is 158 g/mol. The molecule has 0 heterocycles. The summed E-state index contributed by atoms with van der Waals surface area (Å²) in [6, 6.07) is 7.95. The van der Waals surface area contributed by atoms with Crippen LogP contribution in [0, 0.1) is 0 Å². The third-order valence-electron chi connectivity index (χ3n) is 1.76. The molecule has 0 aliphatic carbocycles. The zero-order valence-corrected chi connectivity index (χ0v) is 7.06. The van der Waals surface area contributed by atoms with E-state index in [0.29, 0.717) is 6.42 Å². The van der Waals surface area contributed by atoms with Crippen LogP contribution in [-0.2, 0) is 5.92 Å². The van der Waals surface area contributed by atoms with Gasteiger partial charge in [0.2, 0.25) is 0 Å². The molecule has 0 saturated heterocycles. The first kappa shape index (κ1) is 9.17. The zero-order valence-electron chi connectivity index (χ0n) is 7.06. The molecule has 0 saturated carbocycles. The van der Waals surface area contributed by atoms with E-state index in [1.165, 1.54) is 12.1 Å². The van der Waals surface area contributed by atoms with Crippen LogP contribution >= 0.6 is 0 Å². The standard InChI is InChI=1S/C10H12F2/c1-2-8-10(11,12)9-6-4-3-5-7-9/h3-7H,2,8H2,1H3. The normalized spacial score (nSPS) is 11.6. The molecule has 0 bridgehead atoms. The molecule has 0 nitrogen and oxygen atoms in total. The molecule has 66 valence electrons. The lowest BCUT2D eigenvalue weighted by atomic mass is 10.0. The highest BCUT2D eigenvalue weighted by atomic mass is 19.3. The van der Waals surface area contributed by atoms with Gasteiger partial charge in [0.25, 0.3) is 5.92 Å². The van der Waals surface area contributed by atoms with Gasteiger partial charge in [-0.25, -0.2) is 8.78 Å². The number of benzene rings is 1. The van der Waals surface area contributed by atoms with E-state index in [9.17, 15) is 8.78 Å². The minimum Gasteiger partial charge on any atom is -0.201 e. The maximum atomic E-state index is 13.2. The fraction of sp³-hybridized carbons (Fsp3) is 0.400. The molecule has 12 heavy (non-hydrogen) atoms. The van der Waals surface area contributed by atoms with Crippen LogP contribution in [0.2, 0.25) is 0 Å². The summed E-state index contributed by atoms with van der Waals surface area (Å²) in [5, 5.41) is 0. The van der Waals surface area contributed by atoms with Crippen molar-refractivity contribution in [3.8, 4) is 0 Å². The van der Waals surface area contributed by atoms with Gasteiger partial charge in [-0.2, -0.15) is 0 Å².